The van der Waals surface area contributed by atoms with Crippen molar-refractivity contribution in [2.45, 2.75) is 0 Å². The first-order valence-corrected chi connectivity index (χ1v) is 8.61. The van der Waals surface area contributed by atoms with Gasteiger partial charge in [0.15, 0.2) is 0 Å². The summed E-state index contributed by atoms with van der Waals surface area (Å²) in [4.78, 5) is 25.9. The quantitative estimate of drug-likeness (QED) is 0.817. The topological polar surface area (TPSA) is 78.9 Å². The molecule has 0 radical (unpaired) electrons. The van der Waals surface area contributed by atoms with E-state index in [-0.39, 0.29) is 11.5 Å². The SMILES string of the molecule is O=C(O)c1ccc(N2CCOCC2)c(NC(=O)c2ccc(Br)cc2)c1. The van der Waals surface area contributed by atoms with Crippen LogP contribution in [0.1, 0.15) is 20.7 Å². The molecule has 3 rings (SSSR count). The Balaban J connectivity index is 1.91. The number of carboxylic acids is 1. The van der Waals surface area contributed by atoms with Gasteiger partial charge in [-0.25, -0.2) is 4.79 Å². The molecule has 0 aromatic heterocycles. The van der Waals surface area contributed by atoms with E-state index in [1.165, 1.54) is 6.07 Å². The Kier molecular flexibility index (Phi) is 5.35. The number of nitrogens with one attached hydrogen (secondary N) is 1. The van der Waals surface area contributed by atoms with Crippen molar-refractivity contribution in [2.24, 2.45) is 0 Å². The number of carboxylic acid groups (broad SMARTS) is 1. The highest BCUT2D eigenvalue weighted by Crippen LogP contribution is 2.29. The predicted molar refractivity (Wildman–Crippen MR) is 98.5 cm³/mol. The maximum Gasteiger partial charge on any atom is 0.335 e. The van der Waals surface area contributed by atoms with Crippen LogP contribution in [0.15, 0.2) is 46.9 Å². The summed E-state index contributed by atoms with van der Waals surface area (Å²) < 4.78 is 6.24. The lowest BCUT2D eigenvalue weighted by Crippen LogP contribution is -2.36. The van der Waals surface area contributed by atoms with Crippen LogP contribution < -0.4 is 10.2 Å². The van der Waals surface area contributed by atoms with Crippen molar-refractivity contribution in [3.63, 3.8) is 0 Å². The highest BCUT2D eigenvalue weighted by Gasteiger charge is 2.18. The Morgan fingerprint density at radius 1 is 1.04 bits per heavy atom. The van der Waals surface area contributed by atoms with E-state index in [1.807, 2.05) is 0 Å². The Morgan fingerprint density at radius 3 is 2.32 bits per heavy atom. The number of hydrogen-bond donors (Lipinski definition) is 2. The average Bonchev–Trinajstić information content (AvgIpc) is 2.63. The second-order valence-electron chi connectivity index (χ2n) is 5.60. The van der Waals surface area contributed by atoms with E-state index < -0.39 is 5.97 Å². The van der Waals surface area contributed by atoms with Gasteiger partial charge in [-0.3, -0.25) is 4.79 Å². The molecular formula is C18H17BrN2O4. The van der Waals surface area contributed by atoms with Gasteiger partial charge in [0, 0.05) is 23.1 Å². The number of anilines is 2. The van der Waals surface area contributed by atoms with Crippen LogP contribution in [0.4, 0.5) is 11.4 Å². The maximum atomic E-state index is 12.5. The summed E-state index contributed by atoms with van der Waals surface area (Å²) in [6.45, 7) is 2.57. The number of rotatable bonds is 4. The normalized spacial score (nSPS) is 14.2. The van der Waals surface area contributed by atoms with Crippen LogP contribution in [0.5, 0.6) is 0 Å². The molecule has 0 saturated carbocycles. The van der Waals surface area contributed by atoms with Crippen LogP contribution in [0.2, 0.25) is 0 Å². The van der Waals surface area contributed by atoms with Gasteiger partial charge in [-0.15, -0.1) is 0 Å². The molecule has 0 unspecified atom stereocenters. The van der Waals surface area contributed by atoms with E-state index in [0.29, 0.717) is 37.6 Å². The fourth-order valence-corrected chi connectivity index (χ4v) is 2.91. The van der Waals surface area contributed by atoms with Gasteiger partial charge >= 0.3 is 5.97 Å². The summed E-state index contributed by atoms with van der Waals surface area (Å²) in [7, 11) is 0. The first-order valence-electron chi connectivity index (χ1n) is 7.81. The fraction of sp³-hybridized carbons (Fsp3) is 0.222. The van der Waals surface area contributed by atoms with Crippen LogP contribution >= 0.6 is 15.9 Å². The van der Waals surface area contributed by atoms with Crippen molar-refractivity contribution in [2.75, 3.05) is 36.5 Å². The molecule has 1 heterocycles. The van der Waals surface area contributed by atoms with Crippen molar-refractivity contribution >= 4 is 39.2 Å². The number of ether oxygens (including phenoxy) is 1. The molecule has 25 heavy (non-hydrogen) atoms. The van der Waals surface area contributed by atoms with Crippen LogP contribution in [0, 0.1) is 0 Å². The Morgan fingerprint density at radius 2 is 1.68 bits per heavy atom. The molecule has 0 aliphatic carbocycles. The van der Waals surface area contributed by atoms with Crippen molar-refractivity contribution in [1.82, 2.24) is 0 Å². The third-order valence-corrected chi connectivity index (χ3v) is 4.48. The number of hydrogen-bond acceptors (Lipinski definition) is 4. The largest absolute Gasteiger partial charge is 0.478 e. The second-order valence-corrected chi connectivity index (χ2v) is 6.51. The molecule has 2 N–H and O–H groups in total. The lowest BCUT2D eigenvalue weighted by Gasteiger charge is -2.30. The van der Waals surface area contributed by atoms with Crippen molar-refractivity contribution < 1.29 is 19.4 Å². The zero-order valence-electron chi connectivity index (χ0n) is 13.4. The summed E-state index contributed by atoms with van der Waals surface area (Å²) in [6.07, 6.45) is 0. The molecule has 7 heteroatoms. The van der Waals surface area contributed by atoms with E-state index in [1.54, 1.807) is 36.4 Å². The van der Waals surface area contributed by atoms with E-state index >= 15 is 0 Å². The fourth-order valence-electron chi connectivity index (χ4n) is 2.64. The minimum atomic E-state index is -1.03. The third kappa shape index (κ3) is 4.18. The van der Waals surface area contributed by atoms with Gasteiger partial charge in [0.1, 0.15) is 0 Å². The van der Waals surface area contributed by atoms with Crippen molar-refractivity contribution in [3.8, 4) is 0 Å². The first-order chi connectivity index (χ1) is 12.0. The number of halogens is 1. The maximum absolute atomic E-state index is 12.5. The van der Waals surface area contributed by atoms with Crippen LogP contribution in [0.3, 0.4) is 0 Å². The van der Waals surface area contributed by atoms with Gasteiger partial charge in [0.05, 0.1) is 30.2 Å². The molecule has 0 spiro atoms. The molecule has 1 aliphatic heterocycles. The smallest absolute Gasteiger partial charge is 0.335 e. The highest BCUT2D eigenvalue weighted by atomic mass is 79.9. The lowest BCUT2D eigenvalue weighted by molar-refractivity contribution is 0.0696. The number of carbonyl (C=O) groups is 2. The lowest BCUT2D eigenvalue weighted by atomic mass is 10.1. The summed E-state index contributed by atoms with van der Waals surface area (Å²) in [5.41, 5.74) is 1.90. The van der Waals surface area contributed by atoms with Crippen LogP contribution in [-0.4, -0.2) is 43.3 Å². The van der Waals surface area contributed by atoms with Gasteiger partial charge in [-0.2, -0.15) is 0 Å². The zero-order chi connectivity index (χ0) is 17.8. The molecule has 1 amide bonds. The minimum Gasteiger partial charge on any atom is -0.478 e. The first kappa shape index (κ1) is 17.4. The van der Waals surface area contributed by atoms with E-state index in [4.69, 9.17) is 4.74 Å². The highest BCUT2D eigenvalue weighted by molar-refractivity contribution is 9.10. The van der Waals surface area contributed by atoms with Crippen LogP contribution in [-0.2, 0) is 4.74 Å². The van der Waals surface area contributed by atoms with Gasteiger partial charge in [0.25, 0.3) is 5.91 Å². The third-order valence-electron chi connectivity index (χ3n) is 3.95. The van der Waals surface area contributed by atoms with Gasteiger partial charge in [-0.05, 0) is 42.5 Å². The zero-order valence-corrected chi connectivity index (χ0v) is 15.0. The molecule has 130 valence electrons. The Labute approximate surface area is 153 Å². The molecule has 6 nitrogen and oxygen atoms in total. The summed E-state index contributed by atoms with van der Waals surface area (Å²) in [5, 5.41) is 12.1. The molecule has 0 bridgehead atoms. The molecular weight excluding hydrogens is 388 g/mol. The van der Waals surface area contributed by atoms with Crippen molar-refractivity contribution in [1.29, 1.82) is 0 Å². The van der Waals surface area contributed by atoms with Crippen molar-refractivity contribution in [3.05, 3.63) is 58.1 Å². The number of benzene rings is 2. The van der Waals surface area contributed by atoms with Gasteiger partial charge in [-0.1, -0.05) is 15.9 Å². The molecule has 1 aliphatic rings. The standard InChI is InChI=1S/C18H17BrN2O4/c19-14-4-1-12(2-5-14)17(22)20-15-11-13(18(23)24)3-6-16(15)21-7-9-25-10-8-21/h1-6,11H,7-10H2,(H,20,22)(H,23,24). The van der Waals surface area contributed by atoms with Crippen LogP contribution in [0.25, 0.3) is 0 Å². The molecule has 2 aromatic carbocycles. The van der Waals surface area contributed by atoms with Gasteiger partial charge in [0.2, 0.25) is 0 Å². The Bertz CT molecular complexity index is 786. The van der Waals surface area contributed by atoms with E-state index in [2.05, 4.69) is 26.1 Å². The Hall–Kier alpha value is -2.38. The minimum absolute atomic E-state index is 0.128. The monoisotopic (exact) mass is 404 g/mol. The number of nitrogens with zero attached hydrogens (tertiary/aromatic N) is 1. The summed E-state index contributed by atoms with van der Waals surface area (Å²) in [5.74, 6) is -1.32. The molecule has 1 saturated heterocycles. The molecule has 1 fully saturated rings. The van der Waals surface area contributed by atoms with E-state index in [0.717, 1.165) is 10.2 Å². The summed E-state index contributed by atoms with van der Waals surface area (Å²) >= 11 is 3.34. The summed E-state index contributed by atoms with van der Waals surface area (Å²) in [6, 6.07) is 11.7. The van der Waals surface area contributed by atoms with E-state index in [9.17, 15) is 14.7 Å². The number of aromatic carboxylic acids is 1. The second kappa shape index (κ2) is 7.67. The average molecular weight is 405 g/mol. The molecule has 0 atom stereocenters. The molecule has 2 aromatic rings. The number of morpholine rings is 1. The number of carbonyl (C=O) groups excluding carboxylic acids is 1. The predicted octanol–water partition coefficient (Wildman–Crippen LogP) is 3.24. The van der Waals surface area contributed by atoms with Gasteiger partial charge < -0.3 is 20.1 Å². The number of amides is 1.